The van der Waals surface area contributed by atoms with E-state index in [0.717, 1.165) is 0 Å². The zero-order valence-electron chi connectivity index (χ0n) is 12.5. The molecule has 114 valence electrons. The first kappa shape index (κ1) is 16.7. The molecule has 1 rings (SSSR count). The van der Waals surface area contributed by atoms with Gasteiger partial charge >= 0.3 is 11.9 Å². The van der Waals surface area contributed by atoms with Crippen LogP contribution in [0.3, 0.4) is 0 Å². The minimum Gasteiger partial charge on any atom is -0.461 e. The highest BCUT2D eigenvalue weighted by Crippen LogP contribution is 2.20. The molecule has 0 heterocycles. The van der Waals surface area contributed by atoms with Gasteiger partial charge in [-0.2, -0.15) is 0 Å². The van der Waals surface area contributed by atoms with Crippen LogP contribution in [0.25, 0.3) is 0 Å². The van der Waals surface area contributed by atoms with E-state index in [4.69, 9.17) is 9.47 Å². The second-order valence-electron chi connectivity index (χ2n) is 4.78. The minimum absolute atomic E-state index is 0.283. The van der Waals surface area contributed by atoms with Gasteiger partial charge in [0.2, 0.25) is 5.91 Å². The van der Waals surface area contributed by atoms with Gasteiger partial charge in [0.25, 0.3) is 0 Å². The summed E-state index contributed by atoms with van der Waals surface area (Å²) in [6, 6.07) is 5.40. The Morgan fingerprint density at radius 3 is 2.05 bits per heavy atom. The molecule has 0 radical (unpaired) electrons. The highest BCUT2D eigenvalue weighted by Gasteiger charge is 2.24. The van der Waals surface area contributed by atoms with Gasteiger partial charge in [0.05, 0.1) is 6.10 Å². The number of hydrogen-bond acceptors (Lipinski definition) is 5. The third kappa shape index (κ3) is 5.64. The molecule has 0 aliphatic heterocycles. The summed E-state index contributed by atoms with van der Waals surface area (Å²) < 4.78 is 10.0. The average Bonchev–Trinajstić information content (AvgIpc) is 2.35. The zero-order chi connectivity index (χ0) is 16.0. The van der Waals surface area contributed by atoms with Crippen molar-refractivity contribution in [3.05, 3.63) is 29.8 Å². The monoisotopic (exact) mass is 293 g/mol. The first-order chi connectivity index (χ1) is 9.79. The van der Waals surface area contributed by atoms with Crippen LogP contribution >= 0.6 is 0 Å². The van der Waals surface area contributed by atoms with Crippen molar-refractivity contribution in [2.24, 2.45) is 0 Å². The normalized spacial score (nSPS) is 11.7. The second-order valence-corrected chi connectivity index (χ2v) is 4.78. The Labute approximate surface area is 123 Å². The van der Waals surface area contributed by atoms with Crippen LogP contribution in [0.5, 0.6) is 5.75 Å². The number of ether oxygens (including phenoxy) is 2. The van der Waals surface area contributed by atoms with Gasteiger partial charge < -0.3 is 14.8 Å². The lowest BCUT2D eigenvalue weighted by Crippen LogP contribution is -2.34. The number of carbonyl (C=O) groups is 3. The van der Waals surface area contributed by atoms with Crippen molar-refractivity contribution >= 4 is 17.8 Å². The van der Waals surface area contributed by atoms with Crippen molar-refractivity contribution in [2.75, 3.05) is 0 Å². The van der Waals surface area contributed by atoms with Crippen molar-refractivity contribution in [1.29, 1.82) is 0 Å². The zero-order valence-corrected chi connectivity index (χ0v) is 12.5. The molecule has 6 heteroatoms. The van der Waals surface area contributed by atoms with Crippen molar-refractivity contribution in [1.82, 2.24) is 5.32 Å². The van der Waals surface area contributed by atoms with E-state index in [9.17, 15) is 14.4 Å². The van der Waals surface area contributed by atoms with E-state index in [1.165, 1.54) is 13.8 Å². The van der Waals surface area contributed by atoms with E-state index in [2.05, 4.69) is 5.32 Å². The molecule has 1 N–H and O–H groups in total. The maximum Gasteiger partial charge on any atom is 0.333 e. The molecule has 1 aromatic rings. The summed E-state index contributed by atoms with van der Waals surface area (Å²) in [6.07, 6.45) is -0.283. The maximum absolute atomic E-state index is 12.0. The van der Waals surface area contributed by atoms with Crippen LogP contribution < -0.4 is 10.1 Å². The molecule has 1 amide bonds. The van der Waals surface area contributed by atoms with Crippen LogP contribution in [-0.4, -0.2) is 23.9 Å². The summed E-state index contributed by atoms with van der Waals surface area (Å²) in [5.41, 5.74) is 0.548. The molecule has 0 aliphatic rings. The summed E-state index contributed by atoms with van der Waals surface area (Å²) in [5, 5.41) is 2.54. The molecular weight excluding hydrogens is 274 g/mol. The van der Waals surface area contributed by atoms with Gasteiger partial charge in [-0.05, 0) is 31.5 Å². The fourth-order valence-corrected chi connectivity index (χ4v) is 1.68. The highest BCUT2D eigenvalue weighted by atomic mass is 16.5. The van der Waals surface area contributed by atoms with Crippen LogP contribution in [0.15, 0.2) is 24.3 Å². The van der Waals surface area contributed by atoms with Crippen molar-refractivity contribution in [3.63, 3.8) is 0 Å². The molecule has 6 nitrogen and oxygen atoms in total. The molecule has 0 saturated heterocycles. The summed E-state index contributed by atoms with van der Waals surface area (Å²) in [4.78, 5) is 34.1. The van der Waals surface area contributed by atoms with Crippen LogP contribution in [-0.2, 0) is 19.1 Å². The molecule has 0 aromatic heterocycles. The van der Waals surface area contributed by atoms with Crippen LogP contribution in [0, 0.1) is 0 Å². The number of esters is 2. The van der Waals surface area contributed by atoms with Gasteiger partial charge in [0, 0.05) is 13.8 Å². The molecule has 0 saturated carbocycles. The first-order valence-electron chi connectivity index (χ1n) is 6.55. The molecule has 0 fully saturated rings. The predicted molar refractivity (Wildman–Crippen MR) is 75.5 cm³/mol. The van der Waals surface area contributed by atoms with Crippen molar-refractivity contribution in [2.45, 2.75) is 39.8 Å². The minimum atomic E-state index is -0.892. The Bertz CT molecular complexity index is 521. The largest absolute Gasteiger partial charge is 0.461 e. The third-order valence-electron chi connectivity index (χ3n) is 2.41. The van der Waals surface area contributed by atoms with E-state index in [-0.39, 0.29) is 12.0 Å². The Morgan fingerprint density at radius 1 is 1.05 bits per heavy atom. The molecular formula is C15H19NO5. The maximum atomic E-state index is 12.0. The number of hydrogen-bond donors (Lipinski definition) is 1. The fraction of sp³-hybridized carbons (Fsp3) is 0.400. The molecule has 0 bridgehead atoms. The lowest BCUT2D eigenvalue weighted by Gasteiger charge is -2.19. The van der Waals surface area contributed by atoms with Gasteiger partial charge in [-0.25, -0.2) is 4.79 Å². The van der Waals surface area contributed by atoms with Crippen molar-refractivity contribution in [3.8, 4) is 5.75 Å². The van der Waals surface area contributed by atoms with E-state index >= 15 is 0 Å². The molecule has 21 heavy (non-hydrogen) atoms. The number of amides is 1. The lowest BCUT2D eigenvalue weighted by atomic mass is 10.1. The molecule has 0 spiro atoms. The van der Waals surface area contributed by atoms with Crippen LogP contribution in [0.2, 0.25) is 0 Å². The Hall–Kier alpha value is -2.37. The summed E-state index contributed by atoms with van der Waals surface area (Å²) >= 11 is 0. The van der Waals surface area contributed by atoms with E-state index < -0.39 is 18.0 Å². The van der Waals surface area contributed by atoms with Gasteiger partial charge in [-0.1, -0.05) is 12.1 Å². The molecule has 0 aliphatic carbocycles. The number of benzene rings is 1. The van der Waals surface area contributed by atoms with Crippen LogP contribution in [0.4, 0.5) is 0 Å². The van der Waals surface area contributed by atoms with Gasteiger partial charge in [-0.15, -0.1) is 0 Å². The topological polar surface area (TPSA) is 81.7 Å². The van der Waals surface area contributed by atoms with Gasteiger partial charge in [0.15, 0.2) is 6.04 Å². The highest BCUT2D eigenvalue weighted by molar-refractivity contribution is 5.84. The summed E-state index contributed by atoms with van der Waals surface area (Å²) in [7, 11) is 0. The van der Waals surface area contributed by atoms with E-state index in [0.29, 0.717) is 11.3 Å². The standard InChI is InChI=1S/C15H19NO5/c1-9(2)20-15(19)14(16-10(3)17)12-5-7-13(8-6-12)21-11(4)18/h5-9,14H,1-4H3,(H,16,17). The number of carbonyl (C=O) groups excluding carboxylic acids is 3. The predicted octanol–water partition coefficient (Wildman–Crippen LogP) is 1.74. The van der Waals surface area contributed by atoms with E-state index in [1.807, 2.05) is 0 Å². The number of nitrogens with one attached hydrogen (secondary N) is 1. The summed E-state index contributed by atoms with van der Waals surface area (Å²) in [5.74, 6) is -0.948. The lowest BCUT2D eigenvalue weighted by molar-refractivity contribution is -0.151. The SMILES string of the molecule is CC(=O)NC(C(=O)OC(C)C)c1ccc(OC(C)=O)cc1. The molecule has 1 unspecified atom stereocenters. The Morgan fingerprint density at radius 2 is 1.62 bits per heavy atom. The van der Waals surface area contributed by atoms with Crippen molar-refractivity contribution < 1.29 is 23.9 Å². The fourth-order valence-electron chi connectivity index (χ4n) is 1.68. The average molecular weight is 293 g/mol. The smallest absolute Gasteiger partial charge is 0.333 e. The first-order valence-corrected chi connectivity index (χ1v) is 6.55. The summed E-state index contributed by atoms with van der Waals surface area (Å²) in [6.45, 7) is 6.08. The van der Waals surface area contributed by atoms with Gasteiger partial charge in [0.1, 0.15) is 5.75 Å². The molecule has 1 atom stereocenters. The van der Waals surface area contributed by atoms with E-state index in [1.54, 1.807) is 38.1 Å². The Kier molecular flexibility index (Phi) is 5.90. The second kappa shape index (κ2) is 7.42. The van der Waals surface area contributed by atoms with Gasteiger partial charge in [-0.3, -0.25) is 9.59 Å². The number of rotatable bonds is 5. The Balaban J connectivity index is 2.94. The quantitative estimate of drug-likeness (QED) is 0.660. The van der Waals surface area contributed by atoms with Crippen LogP contribution in [0.1, 0.15) is 39.3 Å². The molecule has 1 aromatic carbocycles. The third-order valence-corrected chi connectivity index (χ3v) is 2.41.